The molecule has 0 aliphatic carbocycles. The lowest BCUT2D eigenvalue weighted by molar-refractivity contribution is 0.854. The minimum Gasteiger partial charge on any atom is -0.219 e. The summed E-state index contributed by atoms with van der Waals surface area (Å²) in [7, 11) is 1.99. The zero-order chi connectivity index (χ0) is 8.97. The van der Waals surface area contributed by atoms with E-state index in [1.165, 1.54) is 0 Å². The second-order valence-electron chi connectivity index (χ2n) is 2.40. The first-order valence-corrected chi connectivity index (χ1v) is 4.31. The Kier molecular flexibility index (Phi) is 5.63. The lowest BCUT2D eigenvalue weighted by atomic mass is 9.78. The Balaban J connectivity index is 0.00000144. The van der Waals surface area contributed by atoms with Gasteiger partial charge in [-0.25, -0.2) is 15.0 Å². The molecule has 0 spiro atoms. The number of hydrogen-bond donors (Lipinski definition) is 0. The molecule has 71 valence electrons. The third-order valence-electron chi connectivity index (χ3n) is 1.40. The summed E-state index contributed by atoms with van der Waals surface area (Å²) >= 11 is 5.69. The fourth-order valence-corrected chi connectivity index (χ4v) is 1.06. The van der Waals surface area contributed by atoms with Crippen molar-refractivity contribution in [3.63, 3.8) is 0 Å². The second kappa shape index (κ2) is 5.92. The number of rotatable bonds is 3. The second-order valence-corrected chi connectivity index (χ2v) is 2.74. The fraction of sp³-hybridized carbons (Fsp3) is 0.625. The first-order chi connectivity index (χ1) is 5.76. The van der Waals surface area contributed by atoms with Crippen molar-refractivity contribution in [3.05, 3.63) is 16.9 Å². The lowest BCUT2D eigenvalue weighted by Crippen LogP contribution is -2.04. The molecule has 0 aliphatic rings. The van der Waals surface area contributed by atoms with Crippen LogP contribution < -0.4 is 0 Å². The van der Waals surface area contributed by atoms with Crippen LogP contribution in [0.5, 0.6) is 0 Å². The smallest absolute Gasteiger partial charge is 0.219 e. The molecule has 0 saturated heterocycles. The number of aryl methyl sites for hydroxylation is 1. The van der Waals surface area contributed by atoms with Crippen molar-refractivity contribution in [1.29, 1.82) is 0 Å². The quantitative estimate of drug-likeness (QED) is 0.697. The minimum absolute atomic E-state index is 0. The summed E-state index contributed by atoms with van der Waals surface area (Å²) in [5, 5.41) is 0.290. The van der Waals surface area contributed by atoms with E-state index in [2.05, 4.69) is 15.0 Å². The molecule has 0 aromatic carbocycles. The summed E-state index contributed by atoms with van der Waals surface area (Å²) in [6.45, 7) is 3.95. The summed E-state index contributed by atoms with van der Waals surface area (Å²) in [4.78, 5) is 12.2. The van der Waals surface area contributed by atoms with Gasteiger partial charge in [0, 0.05) is 6.42 Å². The van der Waals surface area contributed by atoms with Gasteiger partial charge in [-0.3, -0.25) is 0 Å². The zero-order valence-corrected chi connectivity index (χ0v) is 7.97. The molecule has 1 aromatic heterocycles. The van der Waals surface area contributed by atoms with Crippen molar-refractivity contribution < 1.29 is 0 Å². The highest BCUT2D eigenvalue weighted by atomic mass is 35.5. The summed E-state index contributed by atoms with van der Waals surface area (Å²) in [6, 6.07) is 0. The minimum atomic E-state index is 0. The third-order valence-corrected chi connectivity index (χ3v) is 1.57. The SMILES string of the molecule is C.C[B]Cc1nc(Cl)nc(CC)n1. The van der Waals surface area contributed by atoms with Gasteiger partial charge in [0.2, 0.25) is 5.28 Å². The van der Waals surface area contributed by atoms with Gasteiger partial charge >= 0.3 is 0 Å². The zero-order valence-electron chi connectivity index (χ0n) is 7.21. The first-order valence-electron chi connectivity index (χ1n) is 3.93. The average Bonchev–Trinajstić information content (AvgIpc) is 2.04. The van der Waals surface area contributed by atoms with Crippen LogP contribution in [0, 0.1) is 0 Å². The van der Waals surface area contributed by atoms with Crippen LogP contribution in [-0.4, -0.2) is 22.2 Å². The number of aromatic nitrogens is 3. The van der Waals surface area contributed by atoms with Crippen LogP contribution in [-0.2, 0) is 12.7 Å². The Morgan fingerprint density at radius 2 is 1.85 bits per heavy atom. The summed E-state index contributed by atoms with van der Waals surface area (Å²) < 4.78 is 0. The molecule has 0 saturated carbocycles. The van der Waals surface area contributed by atoms with Crippen LogP contribution >= 0.6 is 11.6 Å². The van der Waals surface area contributed by atoms with E-state index in [-0.39, 0.29) is 7.43 Å². The Labute approximate surface area is 85.2 Å². The van der Waals surface area contributed by atoms with Gasteiger partial charge in [-0.05, 0) is 17.9 Å². The van der Waals surface area contributed by atoms with Gasteiger partial charge in [-0.15, -0.1) is 0 Å². The number of halogens is 1. The predicted octanol–water partition coefficient (Wildman–Crippen LogP) is 1.98. The van der Waals surface area contributed by atoms with Gasteiger partial charge in [-0.2, -0.15) is 0 Å². The molecule has 0 unspecified atom stereocenters. The van der Waals surface area contributed by atoms with Crippen molar-refractivity contribution in [1.82, 2.24) is 15.0 Å². The van der Waals surface area contributed by atoms with Crippen LogP contribution in [0.15, 0.2) is 0 Å². The monoisotopic (exact) mass is 198 g/mol. The number of nitrogens with zero attached hydrogens (tertiary/aromatic N) is 3. The lowest BCUT2D eigenvalue weighted by Gasteiger charge is -1.99. The molecule has 0 aliphatic heterocycles. The predicted molar refractivity (Wildman–Crippen MR) is 56.3 cm³/mol. The molecule has 0 fully saturated rings. The highest BCUT2D eigenvalue weighted by Crippen LogP contribution is 2.02. The van der Waals surface area contributed by atoms with Crippen molar-refractivity contribution in [2.45, 2.75) is 33.9 Å². The maximum absolute atomic E-state index is 5.69. The van der Waals surface area contributed by atoms with Crippen molar-refractivity contribution >= 4 is 18.9 Å². The maximum atomic E-state index is 5.69. The average molecular weight is 198 g/mol. The van der Waals surface area contributed by atoms with Gasteiger partial charge in [0.1, 0.15) is 18.9 Å². The van der Waals surface area contributed by atoms with Gasteiger partial charge in [0.15, 0.2) is 0 Å². The maximum Gasteiger partial charge on any atom is 0.225 e. The molecule has 0 amide bonds. The van der Waals surface area contributed by atoms with E-state index in [1.54, 1.807) is 0 Å². The molecule has 1 rings (SSSR count). The van der Waals surface area contributed by atoms with Crippen molar-refractivity contribution in [2.75, 3.05) is 0 Å². The number of hydrogen-bond acceptors (Lipinski definition) is 3. The molecule has 1 radical (unpaired) electrons. The molecule has 5 heteroatoms. The third kappa shape index (κ3) is 3.72. The van der Waals surface area contributed by atoms with Crippen LogP contribution in [0.1, 0.15) is 26.0 Å². The molecule has 3 nitrogen and oxygen atoms in total. The first kappa shape index (κ1) is 12.4. The molecule has 1 heterocycles. The summed E-state index contributed by atoms with van der Waals surface area (Å²) in [6.07, 6.45) is 1.54. The van der Waals surface area contributed by atoms with E-state index < -0.39 is 0 Å². The van der Waals surface area contributed by atoms with Gasteiger partial charge < -0.3 is 0 Å². The molecule has 0 N–H and O–H groups in total. The topological polar surface area (TPSA) is 38.7 Å². The Hall–Kier alpha value is -0.635. The van der Waals surface area contributed by atoms with Crippen LogP contribution in [0.25, 0.3) is 0 Å². The van der Waals surface area contributed by atoms with Gasteiger partial charge in [-0.1, -0.05) is 21.2 Å². The van der Waals surface area contributed by atoms with Crippen LogP contribution in [0.2, 0.25) is 12.1 Å². The van der Waals surface area contributed by atoms with Gasteiger partial charge in [0.25, 0.3) is 0 Å². The van der Waals surface area contributed by atoms with Crippen LogP contribution in [0.3, 0.4) is 0 Å². The van der Waals surface area contributed by atoms with E-state index in [4.69, 9.17) is 11.6 Å². The van der Waals surface area contributed by atoms with E-state index >= 15 is 0 Å². The Morgan fingerprint density at radius 1 is 1.23 bits per heavy atom. The summed E-state index contributed by atoms with van der Waals surface area (Å²) in [5.41, 5.74) is 0. The van der Waals surface area contributed by atoms with E-state index in [1.807, 2.05) is 21.0 Å². The molecule has 1 aromatic rings. The highest BCUT2D eigenvalue weighted by Gasteiger charge is 2.01. The van der Waals surface area contributed by atoms with E-state index in [0.29, 0.717) is 5.28 Å². The van der Waals surface area contributed by atoms with E-state index in [0.717, 1.165) is 24.4 Å². The largest absolute Gasteiger partial charge is 0.225 e. The normalized spacial score (nSPS) is 9.15. The molecule has 0 atom stereocenters. The molecular weight excluding hydrogens is 184 g/mol. The molecule has 13 heavy (non-hydrogen) atoms. The van der Waals surface area contributed by atoms with Crippen molar-refractivity contribution in [2.24, 2.45) is 0 Å². The fourth-order valence-electron chi connectivity index (χ4n) is 0.869. The highest BCUT2D eigenvalue weighted by molar-refractivity contribution is 6.32. The van der Waals surface area contributed by atoms with E-state index in [9.17, 15) is 0 Å². The molecule has 0 bridgehead atoms. The standard InChI is InChI=1S/C7H10BClN3.CH4/c1-3-5-10-6(4-8-2)12-7(9)11-5;/h3-4H2,1-2H3;1H4. The van der Waals surface area contributed by atoms with Crippen LogP contribution in [0.4, 0.5) is 0 Å². The van der Waals surface area contributed by atoms with Crippen molar-refractivity contribution in [3.8, 4) is 0 Å². The summed E-state index contributed by atoms with van der Waals surface area (Å²) in [5.74, 6) is 1.50. The Bertz CT molecular complexity index is 268. The van der Waals surface area contributed by atoms with Gasteiger partial charge in [0.05, 0.1) is 0 Å². The Morgan fingerprint density at radius 3 is 2.38 bits per heavy atom. The molecular formula is C8H14BClN3.